The predicted molar refractivity (Wildman–Crippen MR) is 71.5 cm³/mol. The molecular weight excluding hydrogens is 196 g/mol. The van der Waals surface area contributed by atoms with Crippen molar-refractivity contribution in [2.45, 2.75) is 46.0 Å². The van der Waals surface area contributed by atoms with Crippen molar-refractivity contribution < 1.29 is 0 Å². The molecule has 1 fully saturated rings. The van der Waals surface area contributed by atoms with Gasteiger partial charge >= 0.3 is 0 Å². The minimum Gasteiger partial charge on any atom is -0.389 e. The van der Waals surface area contributed by atoms with E-state index in [2.05, 4.69) is 30.6 Å². The SMILES string of the molecule is C=C1NCCC1CN(CCC)CCCCC. The van der Waals surface area contributed by atoms with E-state index in [0.717, 1.165) is 6.54 Å². The van der Waals surface area contributed by atoms with Gasteiger partial charge in [0.1, 0.15) is 0 Å². The van der Waals surface area contributed by atoms with Crippen LogP contribution < -0.4 is 5.32 Å². The largest absolute Gasteiger partial charge is 0.389 e. The third-order valence-corrected chi connectivity index (χ3v) is 3.43. The maximum Gasteiger partial charge on any atom is 0.0150 e. The standard InChI is InChI=1S/C14H28N2/c1-4-6-7-11-16(10-5-2)12-14-8-9-15-13(14)3/h14-15H,3-12H2,1-2H3. The minimum absolute atomic E-state index is 0.688. The monoisotopic (exact) mass is 224 g/mol. The molecule has 1 saturated heterocycles. The van der Waals surface area contributed by atoms with Gasteiger partial charge in [0, 0.05) is 24.7 Å². The second-order valence-electron chi connectivity index (χ2n) is 4.95. The number of hydrogen-bond acceptors (Lipinski definition) is 2. The predicted octanol–water partition coefficient (Wildman–Crippen LogP) is 3.01. The lowest BCUT2D eigenvalue weighted by molar-refractivity contribution is 0.241. The Bertz CT molecular complexity index is 201. The van der Waals surface area contributed by atoms with Crippen molar-refractivity contribution in [1.82, 2.24) is 10.2 Å². The molecule has 0 bridgehead atoms. The first-order valence-electron chi connectivity index (χ1n) is 6.93. The number of rotatable bonds is 8. The highest BCUT2D eigenvalue weighted by Gasteiger charge is 2.20. The molecule has 1 unspecified atom stereocenters. The summed E-state index contributed by atoms with van der Waals surface area (Å²) < 4.78 is 0. The van der Waals surface area contributed by atoms with Crippen LogP contribution >= 0.6 is 0 Å². The zero-order chi connectivity index (χ0) is 11.8. The molecule has 16 heavy (non-hydrogen) atoms. The lowest BCUT2D eigenvalue weighted by Crippen LogP contribution is -2.31. The molecule has 1 heterocycles. The maximum atomic E-state index is 4.11. The summed E-state index contributed by atoms with van der Waals surface area (Å²) in [6.07, 6.45) is 6.57. The molecule has 0 spiro atoms. The molecule has 1 atom stereocenters. The number of hydrogen-bond donors (Lipinski definition) is 1. The summed E-state index contributed by atoms with van der Waals surface area (Å²) in [7, 11) is 0. The summed E-state index contributed by atoms with van der Waals surface area (Å²) >= 11 is 0. The summed E-state index contributed by atoms with van der Waals surface area (Å²) in [5.74, 6) is 0.688. The lowest BCUT2D eigenvalue weighted by Gasteiger charge is -2.25. The third kappa shape index (κ3) is 4.56. The first-order valence-corrected chi connectivity index (χ1v) is 6.93. The van der Waals surface area contributed by atoms with Gasteiger partial charge in [0.25, 0.3) is 0 Å². The van der Waals surface area contributed by atoms with Gasteiger partial charge in [-0.2, -0.15) is 0 Å². The van der Waals surface area contributed by atoms with Gasteiger partial charge in [-0.3, -0.25) is 0 Å². The Labute approximate surface area is 101 Å². The summed E-state index contributed by atoms with van der Waals surface area (Å²) in [6, 6.07) is 0. The molecule has 2 heteroatoms. The van der Waals surface area contributed by atoms with Gasteiger partial charge in [0.05, 0.1) is 0 Å². The molecule has 1 rings (SSSR count). The van der Waals surface area contributed by atoms with Crippen LogP contribution in [0.3, 0.4) is 0 Å². The zero-order valence-electron chi connectivity index (χ0n) is 11.1. The fraction of sp³-hybridized carbons (Fsp3) is 0.857. The van der Waals surface area contributed by atoms with Crippen LogP contribution in [0.15, 0.2) is 12.3 Å². The molecule has 0 aromatic carbocycles. The van der Waals surface area contributed by atoms with Gasteiger partial charge in [0.2, 0.25) is 0 Å². The summed E-state index contributed by atoms with van der Waals surface area (Å²) in [4.78, 5) is 2.62. The summed E-state index contributed by atoms with van der Waals surface area (Å²) in [5, 5.41) is 3.36. The summed E-state index contributed by atoms with van der Waals surface area (Å²) in [5.41, 5.74) is 1.26. The molecular formula is C14H28N2. The lowest BCUT2D eigenvalue weighted by atomic mass is 10.1. The van der Waals surface area contributed by atoms with Crippen LogP contribution in [0.25, 0.3) is 0 Å². The highest BCUT2D eigenvalue weighted by Crippen LogP contribution is 2.19. The Hall–Kier alpha value is -0.500. The van der Waals surface area contributed by atoms with Crippen molar-refractivity contribution in [3.05, 3.63) is 12.3 Å². The molecule has 0 aliphatic carbocycles. The van der Waals surface area contributed by atoms with Crippen molar-refractivity contribution in [3.8, 4) is 0 Å². The van der Waals surface area contributed by atoms with Crippen molar-refractivity contribution in [2.75, 3.05) is 26.2 Å². The molecule has 94 valence electrons. The molecule has 1 N–H and O–H groups in total. The van der Waals surface area contributed by atoms with E-state index in [0.29, 0.717) is 5.92 Å². The van der Waals surface area contributed by atoms with Crippen molar-refractivity contribution >= 4 is 0 Å². The molecule has 1 aliphatic heterocycles. The molecule has 0 aromatic rings. The Morgan fingerprint density at radius 1 is 1.25 bits per heavy atom. The topological polar surface area (TPSA) is 15.3 Å². The normalized spacial score (nSPS) is 20.4. The molecule has 1 aliphatic rings. The number of nitrogens with one attached hydrogen (secondary N) is 1. The summed E-state index contributed by atoms with van der Waals surface area (Å²) in [6.45, 7) is 13.5. The van der Waals surface area contributed by atoms with Crippen LogP contribution in [-0.2, 0) is 0 Å². The van der Waals surface area contributed by atoms with Crippen LogP contribution in [0.5, 0.6) is 0 Å². The highest BCUT2D eigenvalue weighted by atomic mass is 15.1. The van der Waals surface area contributed by atoms with Crippen LogP contribution in [0.2, 0.25) is 0 Å². The molecule has 2 nitrogen and oxygen atoms in total. The van der Waals surface area contributed by atoms with Crippen LogP contribution in [0.4, 0.5) is 0 Å². The van der Waals surface area contributed by atoms with Gasteiger partial charge in [-0.25, -0.2) is 0 Å². The zero-order valence-corrected chi connectivity index (χ0v) is 11.1. The van der Waals surface area contributed by atoms with Crippen molar-refractivity contribution in [3.63, 3.8) is 0 Å². The molecule has 0 amide bonds. The van der Waals surface area contributed by atoms with E-state index >= 15 is 0 Å². The third-order valence-electron chi connectivity index (χ3n) is 3.43. The second kappa shape index (κ2) is 7.72. The van der Waals surface area contributed by atoms with Gasteiger partial charge in [0.15, 0.2) is 0 Å². The molecule has 0 saturated carbocycles. The minimum atomic E-state index is 0.688. The van der Waals surface area contributed by atoms with Gasteiger partial charge < -0.3 is 10.2 Å². The number of nitrogens with zero attached hydrogens (tertiary/aromatic N) is 1. The fourth-order valence-corrected chi connectivity index (χ4v) is 2.43. The molecule has 0 aromatic heterocycles. The maximum absolute atomic E-state index is 4.11. The van der Waals surface area contributed by atoms with Crippen LogP contribution in [0.1, 0.15) is 46.0 Å². The van der Waals surface area contributed by atoms with Gasteiger partial charge in [-0.15, -0.1) is 0 Å². The Morgan fingerprint density at radius 3 is 2.62 bits per heavy atom. The Balaban J connectivity index is 2.28. The second-order valence-corrected chi connectivity index (χ2v) is 4.95. The van der Waals surface area contributed by atoms with E-state index in [1.165, 1.54) is 57.4 Å². The first kappa shape index (κ1) is 13.6. The van der Waals surface area contributed by atoms with E-state index in [1.807, 2.05) is 0 Å². The smallest absolute Gasteiger partial charge is 0.0150 e. The fourth-order valence-electron chi connectivity index (χ4n) is 2.43. The Morgan fingerprint density at radius 2 is 2.06 bits per heavy atom. The van der Waals surface area contributed by atoms with Gasteiger partial charge in [-0.1, -0.05) is 33.3 Å². The average molecular weight is 224 g/mol. The van der Waals surface area contributed by atoms with E-state index < -0.39 is 0 Å². The van der Waals surface area contributed by atoms with Crippen molar-refractivity contribution in [2.24, 2.45) is 5.92 Å². The average Bonchev–Trinajstić information content (AvgIpc) is 2.65. The molecule has 0 radical (unpaired) electrons. The van der Waals surface area contributed by atoms with Crippen LogP contribution in [-0.4, -0.2) is 31.1 Å². The van der Waals surface area contributed by atoms with Crippen LogP contribution in [0, 0.1) is 5.92 Å². The van der Waals surface area contributed by atoms with E-state index in [9.17, 15) is 0 Å². The quantitative estimate of drug-likeness (QED) is 0.638. The highest BCUT2D eigenvalue weighted by molar-refractivity contribution is 5.04. The van der Waals surface area contributed by atoms with E-state index in [4.69, 9.17) is 0 Å². The first-order chi connectivity index (χ1) is 7.77. The number of unbranched alkanes of at least 4 members (excludes halogenated alkanes) is 2. The van der Waals surface area contributed by atoms with E-state index in [1.54, 1.807) is 0 Å². The van der Waals surface area contributed by atoms with Crippen molar-refractivity contribution in [1.29, 1.82) is 0 Å². The Kier molecular flexibility index (Phi) is 6.55. The van der Waals surface area contributed by atoms with E-state index in [-0.39, 0.29) is 0 Å². The van der Waals surface area contributed by atoms with Gasteiger partial charge in [-0.05, 0) is 32.4 Å².